The minimum absolute atomic E-state index is 0.0863. The van der Waals surface area contributed by atoms with Crippen LogP contribution < -0.4 is 5.32 Å². The first-order valence-corrected chi connectivity index (χ1v) is 8.59. The van der Waals surface area contributed by atoms with Gasteiger partial charge in [-0.25, -0.2) is 4.98 Å². The van der Waals surface area contributed by atoms with Crippen molar-refractivity contribution in [2.75, 3.05) is 13.2 Å². The van der Waals surface area contributed by atoms with Gasteiger partial charge in [0.15, 0.2) is 0 Å². The maximum atomic E-state index is 12.2. The monoisotopic (exact) mass is 327 g/mol. The molecule has 1 saturated heterocycles. The summed E-state index contributed by atoms with van der Waals surface area (Å²) in [5, 5.41) is 3.03. The van der Waals surface area contributed by atoms with Crippen LogP contribution in [-0.4, -0.2) is 28.7 Å². The highest BCUT2D eigenvalue weighted by Gasteiger charge is 2.19. The number of nitrogens with zero attached hydrogens (tertiary/aromatic N) is 2. The van der Waals surface area contributed by atoms with Gasteiger partial charge in [0, 0.05) is 18.6 Å². The van der Waals surface area contributed by atoms with Crippen molar-refractivity contribution in [3.05, 3.63) is 42.2 Å². The second-order valence-electron chi connectivity index (χ2n) is 6.64. The molecule has 0 saturated carbocycles. The highest BCUT2D eigenvalue weighted by molar-refractivity contribution is 5.87. The van der Waals surface area contributed by atoms with Crippen molar-refractivity contribution in [2.24, 2.45) is 5.92 Å². The molecule has 2 atom stereocenters. The Morgan fingerprint density at radius 3 is 2.88 bits per heavy atom. The number of amides is 1. The van der Waals surface area contributed by atoms with Crippen LogP contribution in [0.25, 0.3) is 11.0 Å². The summed E-state index contributed by atoms with van der Waals surface area (Å²) in [5.41, 5.74) is 2.06. The summed E-state index contributed by atoms with van der Waals surface area (Å²) in [6.07, 6.45) is 4.56. The van der Waals surface area contributed by atoms with Gasteiger partial charge in [0.2, 0.25) is 5.91 Å². The van der Waals surface area contributed by atoms with Gasteiger partial charge in [-0.3, -0.25) is 4.79 Å². The van der Waals surface area contributed by atoms with Gasteiger partial charge < -0.3 is 14.6 Å². The Bertz CT molecular complexity index is 742. The van der Waals surface area contributed by atoms with Gasteiger partial charge in [0.25, 0.3) is 0 Å². The topological polar surface area (TPSA) is 56.2 Å². The van der Waals surface area contributed by atoms with Gasteiger partial charge in [-0.2, -0.15) is 0 Å². The molecule has 5 nitrogen and oxygen atoms in total. The number of hydrogen-bond donors (Lipinski definition) is 1. The predicted molar refractivity (Wildman–Crippen MR) is 94.7 cm³/mol. The third-order valence-electron chi connectivity index (χ3n) is 4.37. The number of fused-ring (bicyclic) bond motifs is 1. The minimum Gasteiger partial charge on any atom is -0.381 e. The Morgan fingerprint density at radius 2 is 2.17 bits per heavy atom. The van der Waals surface area contributed by atoms with Crippen molar-refractivity contribution in [3.8, 4) is 0 Å². The molecule has 128 valence electrons. The van der Waals surface area contributed by atoms with Crippen LogP contribution in [0, 0.1) is 5.92 Å². The van der Waals surface area contributed by atoms with Crippen LogP contribution in [0.3, 0.4) is 0 Å². The molecule has 0 radical (unpaired) electrons. The van der Waals surface area contributed by atoms with E-state index in [1.165, 1.54) is 0 Å². The van der Waals surface area contributed by atoms with Crippen molar-refractivity contribution in [2.45, 2.75) is 39.3 Å². The Labute approximate surface area is 142 Å². The molecule has 1 aliphatic heterocycles. The van der Waals surface area contributed by atoms with Gasteiger partial charge in [0.1, 0.15) is 5.82 Å². The number of carbonyl (C=O) groups excluding carboxylic acids is 1. The van der Waals surface area contributed by atoms with Crippen molar-refractivity contribution in [1.82, 2.24) is 14.9 Å². The molecule has 1 aromatic carbocycles. The summed E-state index contributed by atoms with van der Waals surface area (Å²) >= 11 is 0. The molecule has 1 aliphatic rings. The van der Waals surface area contributed by atoms with Crippen LogP contribution in [-0.2, 0) is 9.53 Å². The second-order valence-corrected chi connectivity index (χ2v) is 6.64. The van der Waals surface area contributed by atoms with Crippen molar-refractivity contribution in [3.63, 3.8) is 0 Å². The lowest BCUT2D eigenvalue weighted by Gasteiger charge is -2.18. The number of rotatable bonds is 5. The molecule has 2 heterocycles. The number of nitrogens with one attached hydrogen (secondary N) is 1. The molecule has 1 fully saturated rings. The molecule has 5 heteroatoms. The number of ether oxygens (including phenoxy) is 1. The smallest absolute Gasteiger partial charge is 0.244 e. The summed E-state index contributed by atoms with van der Waals surface area (Å²) in [6, 6.07) is 8.20. The van der Waals surface area contributed by atoms with E-state index < -0.39 is 0 Å². The lowest BCUT2D eigenvalue weighted by atomic mass is 10.1. The Hall–Kier alpha value is -2.14. The highest BCUT2D eigenvalue weighted by Crippen LogP contribution is 2.24. The van der Waals surface area contributed by atoms with Crippen LogP contribution >= 0.6 is 0 Å². The first-order valence-electron chi connectivity index (χ1n) is 8.59. The zero-order valence-corrected chi connectivity index (χ0v) is 14.5. The van der Waals surface area contributed by atoms with E-state index in [1.807, 2.05) is 31.2 Å². The Kier molecular flexibility index (Phi) is 5.00. The number of imidazole rings is 1. The van der Waals surface area contributed by atoms with Crippen molar-refractivity contribution >= 4 is 16.9 Å². The molecule has 0 spiro atoms. The number of benzene rings is 1. The summed E-state index contributed by atoms with van der Waals surface area (Å²) in [6.45, 7) is 7.73. The average molecular weight is 327 g/mol. The number of hydrogen-bond acceptors (Lipinski definition) is 3. The molecule has 0 bridgehead atoms. The molecule has 0 unspecified atom stereocenters. The quantitative estimate of drug-likeness (QED) is 0.857. The van der Waals surface area contributed by atoms with E-state index >= 15 is 0 Å². The first kappa shape index (κ1) is 16.7. The van der Waals surface area contributed by atoms with E-state index in [-0.39, 0.29) is 18.0 Å². The normalized spacial score (nSPS) is 19.4. The van der Waals surface area contributed by atoms with E-state index in [9.17, 15) is 4.79 Å². The molecule has 1 amide bonds. The van der Waals surface area contributed by atoms with E-state index in [2.05, 4.69) is 29.8 Å². The lowest BCUT2D eigenvalue weighted by Crippen LogP contribution is -2.27. The number of carbonyl (C=O) groups is 1. The molecule has 1 aromatic heterocycles. The van der Waals surface area contributed by atoms with Gasteiger partial charge in [0.05, 0.1) is 23.7 Å². The molecule has 24 heavy (non-hydrogen) atoms. The fourth-order valence-electron chi connectivity index (χ4n) is 3.17. The number of para-hydroxylation sites is 2. The molecular weight excluding hydrogens is 302 g/mol. The summed E-state index contributed by atoms with van der Waals surface area (Å²) in [7, 11) is 0. The zero-order valence-electron chi connectivity index (χ0n) is 14.5. The fraction of sp³-hybridized carbons (Fsp3) is 0.474. The largest absolute Gasteiger partial charge is 0.381 e. The van der Waals surface area contributed by atoms with Crippen molar-refractivity contribution in [1.29, 1.82) is 0 Å². The maximum absolute atomic E-state index is 12.2. The average Bonchev–Trinajstić information content (AvgIpc) is 3.20. The predicted octanol–water partition coefficient (Wildman–Crippen LogP) is 3.39. The zero-order chi connectivity index (χ0) is 17.1. The van der Waals surface area contributed by atoms with Gasteiger partial charge >= 0.3 is 0 Å². The van der Waals surface area contributed by atoms with Gasteiger partial charge in [-0.1, -0.05) is 18.2 Å². The first-order chi connectivity index (χ1) is 11.6. The van der Waals surface area contributed by atoms with E-state index in [1.54, 1.807) is 6.08 Å². The SMILES string of the molecule is CC(C)n1c([C@@H](C)NC(=O)/C=C/[C@H]2CCOC2)nc2ccccc21. The standard InChI is InChI=1S/C19H25N3O2/c1-13(2)22-17-7-5-4-6-16(17)21-19(22)14(3)20-18(23)9-8-15-10-11-24-12-15/h4-9,13-15H,10-12H2,1-3H3,(H,20,23)/b9-8+/t14-,15+/m1/s1. The van der Waals surface area contributed by atoms with Crippen LogP contribution in [0.15, 0.2) is 36.4 Å². The minimum atomic E-state index is -0.156. The van der Waals surface area contributed by atoms with Gasteiger partial charge in [-0.15, -0.1) is 0 Å². The summed E-state index contributed by atoms with van der Waals surface area (Å²) in [5.74, 6) is 1.15. The van der Waals surface area contributed by atoms with E-state index in [4.69, 9.17) is 9.72 Å². The molecular formula is C19H25N3O2. The lowest BCUT2D eigenvalue weighted by molar-refractivity contribution is -0.117. The highest BCUT2D eigenvalue weighted by atomic mass is 16.5. The fourth-order valence-corrected chi connectivity index (χ4v) is 3.17. The van der Waals surface area contributed by atoms with Gasteiger partial charge in [-0.05, 0) is 45.4 Å². The maximum Gasteiger partial charge on any atom is 0.244 e. The molecule has 1 N–H and O–H groups in total. The van der Waals surface area contributed by atoms with E-state index in [0.717, 1.165) is 29.9 Å². The molecule has 2 aromatic rings. The third-order valence-corrected chi connectivity index (χ3v) is 4.37. The second kappa shape index (κ2) is 7.18. The van der Waals surface area contributed by atoms with Crippen LogP contribution in [0.5, 0.6) is 0 Å². The Balaban J connectivity index is 1.76. The summed E-state index contributed by atoms with van der Waals surface area (Å²) < 4.78 is 7.51. The Morgan fingerprint density at radius 1 is 1.38 bits per heavy atom. The third kappa shape index (κ3) is 3.51. The summed E-state index contributed by atoms with van der Waals surface area (Å²) in [4.78, 5) is 16.9. The van der Waals surface area contributed by atoms with Crippen LogP contribution in [0.1, 0.15) is 45.1 Å². The van der Waals surface area contributed by atoms with Crippen LogP contribution in [0.2, 0.25) is 0 Å². The molecule has 0 aliphatic carbocycles. The molecule has 3 rings (SSSR count). The van der Waals surface area contributed by atoms with Crippen molar-refractivity contribution < 1.29 is 9.53 Å². The number of aromatic nitrogens is 2. The van der Waals surface area contributed by atoms with Crippen LogP contribution in [0.4, 0.5) is 0 Å². The van der Waals surface area contributed by atoms with E-state index in [0.29, 0.717) is 12.5 Å².